The highest BCUT2D eigenvalue weighted by Crippen LogP contribution is 2.16. The van der Waals surface area contributed by atoms with Crippen molar-refractivity contribution in [1.82, 2.24) is 10.2 Å². The maximum atomic E-state index is 13.6. The molecule has 0 aromatic heterocycles. The van der Waals surface area contributed by atoms with Crippen LogP contribution in [-0.4, -0.2) is 49.4 Å². The molecule has 0 radical (unpaired) electrons. The van der Waals surface area contributed by atoms with Crippen LogP contribution in [0.2, 0.25) is 0 Å². The van der Waals surface area contributed by atoms with E-state index < -0.39 is 17.5 Å². The predicted molar refractivity (Wildman–Crippen MR) is 103 cm³/mol. The van der Waals surface area contributed by atoms with Crippen molar-refractivity contribution in [2.45, 2.75) is 12.8 Å². The first kappa shape index (κ1) is 19.8. The van der Waals surface area contributed by atoms with Crippen molar-refractivity contribution >= 4 is 17.5 Å². The Kier molecular flexibility index (Phi) is 6.57. The summed E-state index contributed by atoms with van der Waals surface area (Å²) >= 11 is 0. The number of piperazine rings is 1. The number of carbonyl (C=O) groups excluding carboxylic acids is 2. The molecular weight excluding hydrogens is 364 g/mol. The van der Waals surface area contributed by atoms with E-state index in [1.807, 2.05) is 23.1 Å². The molecule has 0 bridgehead atoms. The standard InChI is InChI=1S/C21H23F2N3O2/c22-16-8-9-19(23)18(15-16)21(28)24-10-4-7-20(27)26-13-11-25(12-14-26)17-5-2-1-3-6-17/h1-3,5-6,8-9,15H,4,7,10-14H2,(H,24,28). The SMILES string of the molecule is O=C(NCCCC(=O)N1CCN(c2ccccc2)CC1)c1cc(F)ccc1F. The van der Waals surface area contributed by atoms with Crippen molar-refractivity contribution in [3.63, 3.8) is 0 Å². The van der Waals surface area contributed by atoms with Gasteiger partial charge in [-0.25, -0.2) is 8.78 Å². The average molecular weight is 387 g/mol. The molecule has 1 fully saturated rings. The van der Waals surface area contributed by atoms with Crippen LogP contribution in [0.3, 0.4) is 0 Å². The normalized spacial score (nSPS) is 14.1. The summed E-state index contributed by atoms with van der Waals surface area (Å²) in [7, 11) is 0. The maximum absolute atomic E-state index is 13.6. The molecule has 1 heterocycles. The molecule has 1 N–H and O–H groups in total. The Labute approximate surface area is 162 Å². The molecule has 5 nitrogen and oxygen atoms in total. The van der Waals surface area contributed by atoms with Crippen molar-refractivity contribution in [2.24, 2.45) is 0 Å². The van der Waals surface area contributed by atoms with Gasteiger partial charge in [0, 0.05) is 44.8 Å². The molecule has 0 saturated carbocycles. The number of anilines is 1. The van der Waals surface area contributed by atoms with E-state index in [1.165, 1.54) is 0 Å². The molecule has 0 spiro atoms. The second-order valence-electron chi connectivity index (χ2n) is 6.69. The van der Waals surface area contributed by atoms with Crippen LogP contribution in [0.1, 0.15) is 23.2 Å². The summed E-state index contributed by atoms with van der Waals surface area (Å²) in [5, 5.41) is 2.53. The third-order valence-electron chi connectivity index (χ3n) is 4.78. The van der Waals surface area contributed by atoms with Crippen LogP contribution in [0.25, 0.3) is 0 Å². The first-order valence-electron chi connectivity index (χ1n) is 9.35. The summed E-state index contributed by atoms with van der Waals surface area (Å²) in [5.41, 5.74) is 0.824. The fraction of sp³-hybridized carbons (Fsp3) is 0.333. The summed E-state index contributed by atoms with van der Waals surface area (Å²) in [4.78, 5) is 28.3. The van der Waals surface area contributed by atoms with E-state index in [-0.39, 0.29) is 18.0 Å². The lowest BCUT2D eigenvalue weighted by Gasteiger charge is -2.36. The topological polar surface area (TPSA) is 52.7 Å². The predicted octanol–water partition coefficient (Wildman–Crippen LogP) is 2.82. The molecule has 2 aromatic carbocycles. The van der Waals surface area contributed by atoms with Gasteiger partial charge >= 0.3 is 0 Å². The number of amides is 2. The maximum Gasteiger partial charge on any atom is 0.254 e. The smallest absolute Gasteiger partial charge is 0.254 e. The number of halogens is 2. The van der Waals surface area contributed by atoms with Crippen LogP contribution in [-0.2, 0) is 4.79 Å². The van der Waals surface area contributed by atoms with Gasteiger partial charge in [-0.05, 0) is 36.8 Å². The lowest BCUT2D eigenvalue weighted by molar-refractivity contribution is -0.131. The highest BCUT2D eigenvalue weighted by Gasteiger charge is 2.21. The van der Waals surface area contributed by atoms with Crippen LogP contribution in [0.4, 0.5) is 14.5 Å². The largest absolute Gasteiger partial charge is 0.368 e. The number of para-hydroxylation sites is 1. The zero-order chi connectivity index (χ0) is 19.9. The zero-order valence-electron chi connectivity index (χ0n) is 15.5. The number of benzene rings is 2. The zero-order valence-corrected chi connectivity index (χ0v) is 15.5. The van der Waals surface area contributed by atoms with Crippen molar-refractivity contribution in [3.05, 3.63) is 65.7 Å². The van der Waals surface area contributed by atoms with Crippen molar-refractivity contribution in [2.75, 3.05) is 37.6 Å². The Morgan fingerprint density at radius 1 is 0.964 bits per heavy atom. The van der Waals surface area contributed by atoms with Gasteiger partial charge in [-0.2, -0.15) is 0 Å². The third kappa shape index (κ3) is 5.06. The first-order valence-corrected chi connectivity index (χ1v) is 9.35. The summed E-state index contributed by atoms with van der Waals surface area (Å²) < 4.78 is 26.7. The molecule has 7 heteroatoms. The van der Waals surface area contributed by atoms with Gasteiger partial charge in [0.25, 0.3) is 5.91 Å². The van der Waals surface area contributed by atoms with Crippen molar-refractivity contribution in [3.8, 4) is 0 Å². The van der Waals surface area contributed by atoms with Crippen LogP contribution in [0.5, 0.6) is 0 Å². The number of nitrogens with one attached hydrogen (secondary N) is 1. The molecule has 1 aliphatic rings. The summed E-state index contributed by atoms with van der Waals surface area (Å²) in [6.07, 6.45) is 0.748. The Morgan fingerprint density at radius 3 is 2.39 bits per heavy atom. The second-order valence-corrected chi connectivity index (χ2v) is 6.69. The minimum Gasteiger partial charge on any atom is -0.368 e. The lowest BCUT2D eigenvalue weighted by Crippen LogP contribution is -2.48. The molecule has 0 unspecified atom stereocenters. The number of hydrogen-bond donors (Lipinski definition) is 1. The molecule has 28 heavy (non-hydrogen) atoms. The van der Waals surface area contributed by atoms with Crippen molar-refractivity contribution in [1.29, 1.82) is 0 Å². The molecule has 0 atom stereocenters. The highest BCUT2D eigenvalue weighted by atomic mass is 19.1. The molecular formula is C21H23F2N3O2. The average Bonchev–Trinajstić information content (AvgIpc) is 2.73. The molecule has 2 amide bonds. The number of carbonyl (C=O) groups is 2. The van der Waals surface area contributed by atoms with E-state index >= 15 is 0 Å². The number of rotatable bonds is 6. The van der Waals surface area contributed by atoms with Gasteiger partial charge in [0.2, 0.25) is 5.91 Å². The van der Waals surface area contributed by atoms with Crippen LogP contribution in [0, 0.1) is 11.6 Å². The van der Waals surface area contributed by atoms with Crippen LogP contribution < -0.4 is 10.2 Å². The van der Waals surface area contributed by atoms with Gasteiger partial charge in [-0.1, -0.05) is 18.2 Å². The Bertz CT molecular complexity index is 822. The first-order chi connectivity index (χ1) is 13.5. The Hall–Kier alpha value is -2.96. The summed E-state index contributed by atoms with van der Waals surface area (Å²) in [6, 6.07) is 12.8. The third-order valence-corrected chi connectivity index (χ3v) is 4.78. The molecule has 0 aliphatic carbocycles. The summed E-state index contributed by atoms with van der Waals surface area (Å²) in [6.45, 7) is 3.12. The molecule has 1 aliphatic heterocycles. The fourth-order valence-electron chi connectivity index (χ4n) is 3.22. The number of nitrogens with zero attached hydrogens (tertiary/aromatic N) is 2. The second kappa shape index (κ2) is 9.30. The monoisotopic (exact) mass is 387 g/mol. The quantitative estimate of drug-likeness (QED) is 0.776. The minimum atomic E-state index is -0.772. The molecule has 148 valence electrons. The van der Waals surface area contributed by atoms with E-state index in [2.05, 4.69) is 22.3 Å². The Balaban J connectivity index is 1.38. The molecule has 3 rings (SSSR count). The van der Waals surface area contributed by atoms with Gasteiger partial charge < -0.3 is 15.1 Å². The van der Waals surface area contributed by atoms with Gasteiger partial charge in [-0.3, -0.25) is 9.59 Å². The van der Waals surface area contributed by atoms with Gasteiger partial charge in [0.05, 0.1) is 5.56 Å². The Morgan fingerprint density at radius 2 is 1.68 bits per heavy atom. The van der Waals surface area contributed by atoms with E-state index in [1.54, 1.807) is 0 Å². The van der Waals surface area contributed by atoms with Crippen LogP contribution in [0.15, 0.2) is 48.5 Å². The van der Waals surface area contributed by atoms with Gasteiger partial charge in [0.1, 0.15) is 11.6 Å². The summed E-state index contributed by atoms with van der Waals surface area (Å²) in [5.74, 6) is -2.08. The lowest BCUT2D eigenvalue weighted by atomic mass is 10.2. The van der Waals surface area contributed by atoms with E-state index in [4.69, 9.17) is 0 Å². The minimum absolute atomic E-state index is 0.0406. The van der Waals surface area contributed by atoms with Gasteiger partial charge in [0.15, 0.2) is 0 Å². The highest BCUT2D eigenvalue weighted by molar-refractivity contribution is 5.94. The molecule has 1 saturated heterocycles. The number of hydrogen-bond acceptors (Lipinski definition) is 3. The van der Waals surface area contributed by atoms with Gasteiger partial charge in [-0.15, -0.1) is 0 Å². The fourth-order valence-corrected chi connectivity index (χ4v) is 3.22. The van der Waals surface area contributed by atoms with Crippen LogP contribution >= 0.6 is 0 Å². The van der Waals surface area contributed by atoms with Crippen molar-refractivity contribution < 1.29 is 18.4 Å². The van der Waals surface area contributed by atoms with E-state index in [9.17, 15) is 18.4 Å². The molecule has 2 aromatic rings. The van der Waals surface area contributed by atoms with E-state index in [0.29, 0.717) is 25.9 Å². The van der Waals surface area contributed by atoms with E-state index in [0.717, 1.165) is 37.0 Å².